The summed E-state index contributed by atoms with van der Waals surface area (Å²) in [5, 5.41) is 3.49. The van der Waals surface area contributed by atoms with Crippen LogP contribution >= 0.6 is 11.6 Å². The Morgan fingerprint density at radius 2 is 2.00 bits per heavy atom. The molecule has 1 unspecified atom stereocenters. The van der Waals surface area contributed by atoms with E-state index in [1.165, 1.54) is 12.1 Å². The average molecular weight is 286 g/mol. The second-order valence-corrected chi connectivity index (χ2v) is 4.58. The first-order chi connectivity index (χ1) is 9.11. The van der Waals surface area contributed by atoms with Crippen molar-refractivity contribution in [1.29, 1.82) is 0 Å². The molecule has 0 bridgehead atoms. The maximum absolute atomic E-state index is 13.3. The minimum Gasteiger partial charge on any atom is -0.448 e. The molecule has 1 aromatic heterocycles. The summed E-state index contributed by atoms with van der Waals surface area (Å²) >= 11 is 5.75. The molecule has 102 valence electrons. The molecule has 0 saturated heterocycles. The molecule has 0 aliphatic carbocycles. The predicted molar refractivity (Wildman–Crippen MR) is 70.2 cm³/mol. The molecule has 0 aliphatic rings. The Balaban J connectivity index is 2.33. The van der Waals surface area contributed by atoms with E-state index < -0.39 is 11.6 Å². The van der Waals surface area contributed by atoms with Gasteiger partial charge < -0.3 is 9.73 Å². The summed E-state index contributed by atoms with van der Waals surface area (Å²) in [7, 11) is 0. The van der Waals surface area contributed by atoms with Gasteiger partial charge in [0.2, 0.25) is 0 Å². The Kier molecular flexibility index (Phi) is 4.56. The number of nitrogens with one attached hydrogen (secondary N) is 1. The van der Waals surface area contributed by atoms with Crippen molar-refractivity contribution in [3.8, 4) is 0 Å². The first-order valence-corrected chi connectivity index (χ1v) is 6.43. The van der Waals surface area contributed by atoms with Gasteiger partial charge in [0, 0.05) is 0 Å². The molecule has 0 aliphatic heterocycles. The maximum Gasteiger partial charge on any atom is 0.193 e. The van der Waals surface area contributed by atoms with E-state index in [9.17, 15) is 8.78 Å². The van der Waals surface area contributed by atoms with Crippen molar-refractivity contribution in [1.82, 2.24) is 5.32 Å². The topological polar surface area (TPSA) is 25.2 Å². The van der Waals surface area contributed by atoms with Crippen molar-refractivity contribution in [3.63, 3.8) is 0 Å². The highest BCUT2D eigenvalue weighted by molar-refractivity contribution is 6.28. The molecule has 0 radical (unpaired) electrons. The molecule has 0 spiro atoms. The SMILES string of the molecule is CCCNC(c1ccc(F)c(F)c1)c1ccc(Cl)o1. The van der Waals surface area contributed by atoms with Crippen molar-refractivity contribution in [2.45, 2.75) is 19.4 Å². The molecule has 19 heavy (non-hydrogen) atoms. The van der Waals surface area contributed by atoms with Gasteiger partial charge in [0.05, 0.1) is 6.04 Å². The van der Waals surface area contributed by atoms with Crippen LogP contribution in [-0.4, -0.2) is 6.54 Å². The van der Waals surface area contributed by atoms with Gasteiger partial charge in [0.15, 0.2) is 16.9 Å². The predicted octanol–water partition coefficient (Wildman–Crippen LogP) is 4.30. The van der Waals surface area contributed by atoms with Gasteiger partial charge in [-0.15, -0.1) is 0 Å². The van der Waals surface area contributed by atoms with Crippen molar-refractivity contribution in [3.05, 3.63) is 58.5 Å². The summed E-state index contributed by atoms with van der Waals surface area (Å²) in [5.41, 5.74) is 0.596. The molecule has 2 nitrogen and oxygen atoms in total. The summed E-state index contributed by atoms with van der Waals surface area (Å²) in [6, 6.07) is 6.80. The summed E-state index contributed by atoms with van der Waals surface area (Å²) in [5.74, 6) is -1.17. The highest BCUT2D eigenvalue weighted by Crippen LogP contribution is 2.26. The molecule has 5 heteroatoms. The molecular formula is C14H14ClF2NO. The monoisotopic (exact) mass is 285 g/mol. The fourth-order valence-corrected chi connectivity index (χ4v) is 2.00. The molecular weight excluding hydrogens is 272 g/mol. The molecule has 2 rings (SSSR count). The van der Waals surface area contributed by atoms with E-state index in [0.717, 1.165) is 19.0 Å². The van der Waals surface area contributed by atoms with Gasteiger partial charge in [0.1, 0.15) is 5.76 Å². The van der Waals surface area contributed by atoms with Crippen LogP contribution in [0.3, 0.4) is 0 Å². The van der Waals surface area contributed by atoms with Crippen molar-refractivity contribution in [2.75, 3.05) is 6.54 Å². The summed E-state index contributed by atoms with van der Waals surface area (Å²) in [6.45, 7) is 2.74. The minimum atomic E-state index is -0.876. The van der Waals surface area contributed by atoms with E-state index in [-0.39, 0.29) is 11.3 Å². The van der Waals surface area contributed by atoms with Crippen LogP contribution in [0.4, 0.5) is 8.78 Å². The van der Waals surface area contributed by atoms with E-state index in [2.05, 4.69) is 5.32 Å². The van der Waals surface area contributed by atoms with Gasteiger partial charge in [-0.05, 0) is 54.4 Å². The van der Waals surface area contributed by atoms with Crippen molar-refractivity contribution < 1.29 is 13.2 Å². The lowest BCUT2D eigenvalue weighted by molar-refractivity contribution is 0.444. The molecule has 2 aromatic rings. The van der Waals surface area contributed by atoms with Crippen molar-refractivity contribution >= 4 is 11.6 Å². The standard InChI is InChI=1S/C14H14ClF2NO/c1-2-7-18-14(12-5-6-13(15)19-12)9-3-4-10(16)11(17)8-9/h3-6,8,14,18H,2,7H2,1H3. The lowest BCUT2D eigenvalue weighted by Crippen LogP contribution is -2.23. The minimum absolute atomic E-state index is 0.265. The van der Waals surface area contributed by atoms with Crippen LogP contribution in [0.2, 0.25) is 5.22 Å². The molecule has 0 saturated carbocycles. The molecule has 1 heterocycles. The number of rotatable bonds is 5. The quantitative estimate of drug-likeness (QED) is 0.886. The van der Waals surface area contributed by atoms with E-state index in [1.54, 1.807) is 12.1 Å². The Morgan fingerprint density at radius 1 is 1.21 bits per heavy atom. The van der Waals surface area contributed by atoms with Gasteiger partial charge in [-0.2, -0.15) is 0 Å². The normalized spacial score (nSPS) is 12.6. The number of hydrogen-bond donors (Lipinski definition) is 1. The molecule has 0 amide bonds. The fourth-order valence-electron chi connectivity index (χ4n) is 1.85. The summed E-state index contributed by atoms with van der Waals surface area (Å²) in [4.78, 5) is 0. The number of benzene rings is 1. The van der Waals surface area contributed by atoms with Crippen LogP contribution < -0.4 is 5.32 Å². The van der Waals surface area contributed by atoms with Crippen LogP contribution in [0.25, 0.3) is 0 Å². The number of hydrogen-bond acceptors (Lipinski definition) is 2. The third-order valence-electron chi connectivity index (χ3n) is 2.75. The van der Waals surface area contributed by atoms with Gasteiger partial charge >= 0.3 is 0 Å². The Hall–Kier alpha value is -1.39. The van der Waals surface area contributed by atoms with E-state index in [1.807, 2.05) is 6.92 Å². The van der Waals surface area contributed by atoms with E-state index in [0.29, 0.717) is 11.3 Å². The lowest BCUT2D eigenvalue weighted by atomic mass is 10.0. The first kappa shape index (κ1) is 14.0. The zero-order valence-electron chi connectivity index (χ0n) is 10.4. The third kappa shape index (κ3) is 3.33. The maximum atomic E-state index is 13.3. The second kappa shape index (κ2) is 6.17. The van der Waals surface area contributed by atoms with Gasteiger partial charge in [0.25, 0.3) is 0 Å². The smallest absolute Gasteiger partial charge is 0.193 e. The van der Waals surface area contributed by atoms with Crippen LogP contribution in [0.5, 0.6) is 0 Å². The van der Waals surface area contributed by atoms with Crippen LogP contribution in [-0.2, 0) is 0 Å². The first-order valence-electron chi connectivity index (χ1n) is 6.05. The molecule has 1 atom stereocenters. The summed E-state index contributed by atoms with van der Waals surface area (Å²) in [6.07, 6.45) is 0.911. The van der Waals surface area contributed by atoms with Crippen LogP contribution in [0.15, 0.2) is 34.7 Å². The van der Waals surface area contributed by atoms with E-state index in [4.69, 9.17) is 16.0 Å². The van der Waals surface area contributed by atoms with E-state index >= 15 is 0 Å². The average Bonchev–Trinajstić information content (AvgIpc) is 2.80. The number of halogens is 3. The highest BCUT2D eigenvalue weighted by Gasteiger charge is 2.18. The molecule has 0 fully saturated rings. The Bertz CT molecular complexity index is 556. The van der Waals surface area contributed by atoms with Crippen LogP contribution in [0.1, 0.15) is 30.7 Å². The Morgan fingerprint density at radius 3 is 2.58 bits per heavy atom. The zero-order valence-corrected chi connectivity index (χ0v) is 11.2. The third-order valence-corrected chi connectivity index (χ3v) is 2.96. The fraction of sp³-hybridized carbons (Fsp3) is 0.286. The van der Waals surface area contributed by atoms with Gasteiger partial charge in [-0.25, -0.2) is 8.78 Å². The molecule has 1 aromatic carbocycles. The number of furan rings is 1. The van der Waals surface area contributed by atoms with Crippen molar-refractivity contribution in [2.24, 2.45) is 0 Å². The second-order valence-electron chi connectivity index (χ2n) is 4.20. The zero-order chi connectivity index (χ0) is 13.8. The highest BCUT2D eigenvalue weighted by atomic mass is 35.5. The Labute approximate surface area is 115 Å². The lowest BCUT2D eigenvalue weighted by Gasteiger charge is -2.16. The largest absolute Gasteiger partial charge is 0.448 e. The summed E-state index contributed by atoms with van der Waals surface area (Å²) < 4.78 is 31.7. The van der Waals surface area contributed by atoms with Gasteiger partial charge in [-0.3, -0.25) is 0 Å². The van der Waals surface area contributed by atoms with Crippen LogP contribution in [0, 0.1) is 11.6 Å². The van der Waals surface area contributed by atoms with Gasteiger partial charge in [-0.1, -0.05) is 13.0 Å². The molecule has 1 N–H and O–H groups in total.